The van der Waals surface area contributed by atoms with E-state index >= 15 is 0 Å². The van der Waals surface area contributed by atoms with Gasteiger partial charge in [-0.05, 0) is 41.6 Å². The van der Waals surface area contributed by atoms with Crippen molar-refractivity contribution in [3.8, 4) is 6.07 Å². The molecule has 0 unspecified atom stereocenters. The summed E-state index contributed by atoms with van der Waals surface area (Å²) in [6, 6.07) is 2.63. The van der Waals surface area contributed by atoms with Crippen molar-refractivity contribution < 1.29 is 0 Å². The molecule has 2 aromatic rings. The monoisotopic (exact) mass is 320 g/mol. The number of anilines is 1. The molecule has 0 saturated heterocycles. The lowest BCUT2D eigenvalue weighted by atomic mass is 9.87. The van der Waals surface area contributed by atoms with E-state index in [1.807, 2.05) is 4.68 Å². The fourth-order valence-electron chi connectivity index (χ4n) is 2.66. The standard InChI is InChI=1S/C12H13BrN6/c13-10-9-11(15)16-6-17-12(9)19(18-10)8-3-1-7(5-14)2-4-8/h6-8H,1-4H2,(H2,15,16,17). The zero-order valence-corrected chi connectivity index (χ0v) is 11.8. The van der Waals surface area contributed by atoms with Crippen LogP contribution in [-0.4, -0.2) is 19.7 Å². The first-order valence-electron chi connectivity index (χ1n) is 6.24. The molecule has 1 fully saturated rings. The molecule has 0 bridgehead atoms. The predicted molar refractivity (Wildman–Crippen MR) is 74.0 cm³/mol. The molecule has 1 aliphatic carbocycles. The van der Waals surface area contributed by atoms with Crippen molar-refractivity contribution in [2.45, 2.75) is 31.7 Å². The van der Waals surface area contributed by atoms with Crippen molar-refractivity contribution in [3.63, 3.8) is 0 Å². The lowest BCUT2D eigenvalue weighted by Gasteiger charge is -2.25. The van der Waals surface area contributed by atoms with Crippen LogP contribution in [0.2, 0.25) is 0 Å². The third-order valence-corrected chi connectivity index (χ3v) is 4.26. The van der Waals surface area contributed by atoms with Crippen LogP contribution >= 0.6 is 15.9 Å². The van der Waals surface area contributed by atoms with Gasteiger partial charge in [-0.15, -0.1) is 0 Å². The lowest BCUT2D eigenvalue weighted by Crippen LogP contribution is -2.18. The second-order valence-corrected chi connectivity index (χ2v) is 5.58. The summed E-state index contributed by atoms with van der Waals surface area (Å²) in [5.74, 6) is 0.620. The molecule has 7 heteroatoms. The van der Waals surface area contributed by atoms with Gasteiger partial charge >= 0.3 is 0 Å². The molecular formula is C12H13BrN6. The van der Waals surface area contributed by atoms with Crippen molar-refractivity contribution >= 4 is 32.8 Å². The van der Waals surface area contributed by atoms with Crippen LogP contribution < -0.4 is 5.73 Å². The quantitative estimate of drug-likeness (QED) is 0.870. The Morgan fingerprint density at radius 1 is 1.32 bits per heavy atom. The first-order chi connectivity index (χ1) is 9.20. The Balaban J connectivity index is 1.99. The minimum absolute atomic E-state index is 0.182. The first-order valence-corrected chi connectivity index (χ1v) is 7.03. The highest BCUT2D eigenvalue weighted by molar-refractivity contribution is 9.10. The second kappa shape index (κ2) is 4.78. The maximum atomic E-state index is 8.94. The number of hydrogen-bond donors (Lipinski definition) is 1. The van der Waals surface area contributed by atoms with Gasteiger partial charge in [0, 0.05) is 5.92 Å². The highest BCUT2D eigenvalue weighted by atomic mass is 79.9. The summed E-state index contributed by atoms with van der Waals surface area (Å²) in [5, 5.41) is 14.2. The Morgan fingerprint density at radius 3 is 2.74 bits per heavy atom. The number of fused-ring (bicyclic) bond motifs is 1. The second-order valence-electron chi connectivity index (χ2n) is 4.83. The summed E-state index contributed by atoms with van der Waals surface area (Å²) >= 11 is 3.42. The number of hydrogen-bond acceptors (Lipinski definition) is 5. The van der Waals surface area contributed by atoms with Crippen LogP contribution in [0, 0.1) is 17.2 Å². The van der Waals surface area contributed by atoms with Gasteiger partial charge in [0.15, 0.2) is 5.65 Å². The van der Waals surface area contributed by atoms with E-state index in [9.17, 15) is 0 Å². The number of aromatic nitrogens is 4. The average molecular weight is 321 g/mol. The number of halogens is 1. The van der Waals surface area contributed by atoms with Gasteiger partial charge in [0.2, 0.25) is 0 Å². The third kappa shape index (κ3) is 2.06. The average Bonchev–Trinajstić information content (AvgIpc) is 2.78. The molecule has 2 aromatic heterocycles. The van der Waals surface area contributed by atoms with E-state index in [1.54, 1.807) is 0 Å². The summed E-state index contributed by atoms with van der Waals surface area (Å²) in [6.45, 7) is 0. The maximum absolute atomic E-state index is 8.94. The number of nitrogens with zero attached hydrogens (tertiary/aromatic N) is 5. The zero-order chi connectivity index (χ0) is 13.4. The normalized spacial score (nSPS) is 23.4. The van der Waals surface area contributed by atoms with Crippen molar-refractivity contribution in [3.05, 3.63) is 10.9 Å². The number of nitrogens with two attached hydrogens (primary N) is 1. The Morgan fingerprint density at radius 2 is 2.05 bits per heavy atom. The molecule has 0 aromatic carbocycles. The lowest BCUT2D eigenvalue weighted by molar-refractivity contribution is 0.299. The van der Waals surface area contributed by atoms with Crippen molar-refractivity contribution in [1.82, 2.24) is 19.7 Å². The van der Waals surface area contributed by atoms with E-state index < -0.39 is 0 Å². The number of rotatable bonds is 1. The largest absolute Gasteiger partial charge is 0.383 e. The molecule has 6 nitrogen and oxygen atoms in total. The Hall–Kier alpha value is -1.68. The molecule has 0 atom stereocenters. The molecule has 0 spiro atoms. The Bertz CT molecular complexity index is 650. The van der Waals surface area contributed by atoms with Gasteiger partial charge in [-0.3, -0.25) is 0 Å². The van der Waals surface area contributed by atoms with Crippen LogP contribution in [0.1, 0.15) is 31.7 Å². The topological polar surface area (TPSA) is 93.4 Å². The van der Waals surface area contributed by atoms with Crippen LogP contribution in [-0.2, 0) is 0 Å². The van der Waals surface area contributed by atoms with E-state index in [2.05, 4.69) is 37.1 Å². The van der Waals surface area contributed by atoms with E-state index in [1.165, 1.54) is 6.33 Å². The van der Waals surface area contributed by atoms with Gasteiger partial charge in [0.25, 0.3) is 0 Å². The smallest absolute Gasteiger partial charge is 0.164 e. The van der Waals surface area contributed by atoms with E-state index in [-0.39, 0.29) is 12.0 Å². The molecule has 2 N–H and O–H groups in total. The van der Waals surface area contributed by atoms with E-state index in [0.29, 0.717) is 10.4 Å². The Labute approximate surface area is 118 Å². The molecule has 2 heterocycles. The fourth-order valence-corrected chi connectivity index (χ4v) is 3.21. The van der Waals surface area contributed by atoms with Crippen LogP contribution in [0.15, 0.2) is 10.9 Å². The molecular weight excluding hydrogens is 308 g/mol. The summed E-state index contributed by atoms with van der Waals surface area (Å²) in [5.41, 5.74) is 6.63. The molecule has 1 saturated carbocycles. The zero-order valence-electron chi connectivity index (χ0n) is 10.3. The molecule has 3 rings (SSSR count). The summed E-state index contributed by atoms with van der Waals surface area (Å²) in [7, 11) is 0. The van der Waals surface area contributed by atoms with Crippen molar-refractivity contribution in [2.75, 3.05) is 5.73 Å². The van der Waals surface area contributed by atoms with Crippen LogP contribution in [0.3, 0.4) is 0 Å². The van der Waals surface area contributed by atoms with Crippen LogP contribution in [0.25, 0.3) is 11.0 Å². The highest BCUT2D eigenvalue weighted by Gasteiger charge is 2.25. The van der Waals surface area contributed by atoms with Gasteiger partial charge < -0.3 is 5.73 Å². The maximum Gasteiger partial charge on any atom is 0.164 e. The van der Waals surface area contributed by atoms with Crippen molar-refractivity contribution in [2.24, 2.45) is 5.92 Å². The summed E-state index contributed by atoms with van der Waals surface area (Å²) in [6.07, 6.45) is 5.20. The predicted octanol–water partition coefficient (Wildman–Crippen LogP) is 2.43. The summed E-state index contributed by atoms with van der Waals surface area (Å²) in [4.78, 5) is 8.28. The highest BCUT2D eigenvalue weighted by Crippen LogP contribution is 2.35. The van der Waals surface area contributed by atoms with Gasteiger partial charge in [0.1, 0.15) is 16.7 Å². The molecule has 98 valence electrons. The molecule has 0 amide bonds. The minimum Gasteiger partial charge on any atom is -0.383 e. The van der Waals surface area contributed by atoms with E-state index in [4.69, 9.17) is 11.0 Å². The van der Waals surface area contributed by atoms with Crippen LogP contribution in [0.5, 0.6) is 0 Å². The molecule has 0 radical (unpaired) electrons. The minimum atomic E-state index is 0.182. The van der Waals surface area contributed by atoms with Gasteiger partial charge in [0.05, 0.1) is 17.5 Å². The molecule has 19 heavy (non-hydrogen) atoms. The number of nitrogen functional groups attached to an aromatic ring is 1. The SMILES string of the molecule is N#CC1CCC(n2nc(Br)c3c(N)ncnc32)CC1. The van der Waals surface area contributed by atoms with Gasteiger partial charge in [-0.2, -0.15) is 10.4 Å². The fraction of sp³-hybridized carbons (Fsp3) is 0.500. The molecule has 0 aliphatic heterocycles. The van der Waals surface area contributed by atoms with E-state index in [0.717, 1.165) is 36.7 Å². The molecule has 1 aliphatic rings. The summed E-state index contributed by atoms with van der Waals surface area (Å²) < 4.78 is 2.61. The number of nitriles is 1. The Kier molecular flexibility index (Phi) is 3.11. The first kappa shape index (κ1) is 12.4. The third-order valence-electron chi connectivity index (χ3n) is 3.70. The van der Waals surface area contributed by atoms with Crippen molar-refractivity contribution in [1.29, 1.82) is 5.26 Å². The van der Waals surface area contributed by atoms with Gasteiger partial charge in [-0.25, -0.2) is 14.6 Å². The van der Waals surface area contributed by atoms with Gasteiger partial charge in [-0.1, -0.05) is 0 Å². The van der Waals surface area contributed by atoms with Crippen LogP contribution in [0.4, 0.5) is 5.82 Å².